The van der Waals surface area contributed by atoms with Crippen LogP contribution in [0.4, 0.5) is 10.1 Å². The maximum atomic E-state index is 14.2. The van der Waals surface area contributed by atoms with Crippen LogP contribution < -0.4 is 5.32 Å². The fraction of sp³-hybridized carbons (Fsp3) is 0.0588. The number of nitrogens with zero attached hydrogens (tertiary/aromatic N) is 2. The number of carbonyl (C=O) groups is 1. The molecule has 0 saturated carbocycles. The van der Waals surface area contributed by atoms with Gasteiger partial charge in [-0.15, -0.1) is 0 Å². The molecule has 0 atom stereocenters. The molecule has 116 valence electrons. The van der Waals surface area contributed by atoms with Crippen LogP contribution in [0.1, 0.15) is 15.9 Å². The predicted molar refractivity (Wildman–Crippen MR) is 83.8 cm³/mol. The van der Waals surface area contributed by atoms with Gasteiger partial charge in [0.05, 0.1) is 24.2 Å². The Labute approximate surface area is 132 Å². The maximum Gasteiger partial charge on any atom is 0.255 e. The molecule has 0 unspecified atom stereocenters. The van der Waals surface area contributed by atoms with Gasteiger partial charge < -0.3 is 15.0 Å². The van der Waals surface area contributed by atoms with Crippen molar-refractivity contribution in [2.75, 3.05) is 5.32 Å². The van der Waals surface area contributed by atoms with Gasteiger partial charge in [0, 0.05) is 29.7 Å². The van der Waals surface area contributed by atoms with Crippen LogP contribution in [0, 0.1) is 5.82 Å². The second-order valence-corrected chi connectivity index (χ2v) is 4.90. The molecule has 0 saturated heterocycles. The minimum atomic E-state index is -0.498. The molecular weight excluding hydrogens is 297 g/mol. The fourth-order valence-electron chi connectivity index (χ4n) is 2.22. The molecule has 0 aliphatic heterocycles. The van der Waals surface area contributed by atoms with E-state index in [0.29, 0.717) is 16.9 Å². The summed E-state index contributed by atoms with van der Waals surface area (Å²) in [5.41, 5.74) is 1.49. The molecule has 0 spiro atoms. The van der Waals surface area contributed by atoms with Crippen LogP contribution in [0.5, 0.6) is 0 Å². The van der Waals surface area contributed by atoms with E-state index in [9.17, 15) is 14.3 Å². The number of benzene rings is 1. The summed E-state index contributed by atoms with van der Waals surface area (Å²) in [6.45, 7) is -0.223. The molecule has 1 aromatic carbocycles. The number of pyridine rings is 1. The average molecular weight is 311 g/mol. The summed E-state index contributed by atoms with van der Waals surface area (Å²) in [6.07, 6.45) is 6.41. The standard InChI is InChI=1S/C17H14FN3O2/c18-14-9-12(3-4-16(14)21-7-1-2-8-21)17(23)20-15-10-19-6-5-13(15)11-22/h1-10,22H,11H2,(H,20,23). The SMILES string of the molecule is O=C(Nc1cnccc1CO)c1ccc(-n2cccc2)c(F)c1. The highest BCUT2D eigenvalue weighted by atomic mass is 19.1. The van der Waals surface area contributed by atoms with E-state index in [1.54, 1.807) is 47.3 Å². The van der Waals surface area contributed by atoms with Crippen LogP contribution in [0.2, 0.25) is 0 Å². The second kappa shape index (κ2) is 6.41. The van der Waals surface area contributed by atoms with Crippen molar-refractivity contribution in [1.29, 1.82) is 0 Å². The zero-order valence-electron chi connectivity index (χ0n) is 12.1. The molecule has 0 aliphatic carbocycles. The van der Waals surface area contributed by atoms with Gasteiger partial charge in [-0.3, -0.25) is 9.78 Å². The van der Waals surface area contributed by atoms with E-state index < -0.39 is 11.7 Å². The van der Waals surface area contributed by atoms with Crippen molar-refractivity contribution >= 4 is 11.6 Å². The summed E-state index contributed by atoms with van der Waals surface area (Å²) < 4.78 is 15.8. The van der Waals surface area contributed by atoms with Gasteiger partial charge in [-0.25, -0.2) is 4.39 Å². The van der Waals surface area contributed by atoms with Gasteiger partial charge >= 0.3 is 0 Å². The molecular formula is C17H14FN3O2. The lowest BCUT2D eigenvalue weighted by Crippen LogP contribution is -2.14. The number of carbonyl (C=O) groups excluding carboxylic acids is 1. The van der Waals surface area contributed by atoms with Crippen LogP contribution in [-0.2, 0) is 6.61 Å². The van der Waals surface area contributed by atoms with Gasteiger partial charge in [-0.05, 0) is 36.4 Å². The lowest BCUT2D eigenvalue weighted by molar-refractivity contribution is 0.102. The summed E-state index contributed by atoms with van der Waals surface area (Å²) in [5, 5.41) is 11.9. The first kappa shape index (κ1) is 14.9. The maximum absolute atomic E-state index is 14.2. The summed E-state index contributed by atoms with van der Waals surface area (Å²) in [5.74, 6) is -0.965. The number of rotatable bonds is 4. The molecule has 23 heavy (non-hydrogen) atoms. The number of aromatic nitrogens is 2. The van der Waals surface area contributed by atoms with Crippen LogP contribution in [0.25, 0.3) is 5.69 Å². The topological polar surface area (TPSA) is 67.2 Å². The summed E-state index contributed by atoms with van der Waals surface area (Å²) >= 11 is 0. The Morgan fingerprint density at radius 2 is 2.04 bits per heavy atom. The summed E-state index contributed by atoms with van der Waals surface area (Å²) in [7, 11) is 0. The highest BCUT2D eigenvalue weighted by Crippen LogP contribution is 2.18. The first-order valence-corrected chi connectivity index (χ1v) is 6.97. The van der Waals surface area contributed by atoms with Gasteiger partial charge in [0.25, 0.3) is 5.91 Å². The monoisotopic (exact) mass is 311 g/mol. The Balaban J connectivity index is 1.84. The Bertz CT molecular complexity index is 832. The van der Waals surface area contributed by atoms with E-state index in [1.165, 1.54) is 18.5 Å². The van der Waals surface area contributed by atoms with E-state index in [0.717, 1.165) is 0 Å². The molecule has 0 aliphatic rings. The van der Waals surface area contributed by atoms with Crippen molar-refractivity contribution in [3.8, 4) is 5.69 Å². The number of hydrogen-bond acceptors (Lipinski definition) is 3. The van der Waals surface area contributed by atoms with E-state index >= 15 is 0 Å². The van der Waals surface area contributed by atoms with Gasteiger partial charge in [0.1, 0.15) is 5.82 Å². The number of hydrogen-bond donors (Lipinski definition) is 2. The number of aliphatic hydroxyl groups is 1. The van der Waals surface area contributed by atoms with E-state index in [1.807, 2.05) is 0 Å². The quantitative estimate of drug-likeness (QED) is 0.778. The van der Waals surface area contributed by atoms with Gasteiger partial charge in [-0.2, -0.15) is 0 Å². The third-order valence-electron chi connectivity index (χ3n) is 3.42. The van der Waals surface area contributed by atoms with E-state index in [-0.39, 0.29) is 12.2 Å². The normalized spacial score (nSPS) is 10.5. The Kier molecular flexibility index (Phi) is 4.16. The third kappa shape index (κ3) is 3.12. The highest BCUT2D eigenvalue weighted by Gasteiger charge is 2.12. The number of amides is 1. The lowest BCUT2D eigenvalue weighted by atomic mass is 10.1. The Morgan fingerprint density at radius 1 is 1.26 bits per heavy atom. The number of halogens is 1. The Hall–Kier alpha value is -2.99. The molecule has 6 heteroatoms. The smallest absolute Gasteiger partial charge is 0.255 e. The van der Waals surface area contributed by atoms with E-state index in [2.05, 4.69) is 10.3 Å². The molecule has 3 aromatic rings. The largest absolute Gasteiger partial charge is 0.392 e. The van der Waals surface area contributed by atoms with Crippen LogP contribution >= 0.6 is 0 Å². The molecule has 0 fully saturated rings. The number of anilines is 1. The number of nitrogens with one attached hydrogen (secondary N) is 1. The first-order chi connectivity index (χ1) is 11.2. The van der Waals surface area contributed by atoms with Gasteiger partial charge in [0.2, 0.25) is 0 Å². The summed E-state index contributed by atoms with van der Waals surface area (Å²) in [4.78, 5) is 16.1. The van der Waals surface area contributed by atoms with Crippen molar-refractivity contribution in [1.82, 2.24) is 9.55 Å². The zero-order valence-corrected chi connectivity index (χ0v) is 12.1. The minimum absolute atomic E-state index is 0.186. The molecule has 3 rings (SSSR count). The molecule has 0 radical (unpaired) electrons. The minimum Gasteiger partial charge on any atom is -0.392 e. The van der Waals surface area contributed by atoms with Crippen LogP contribution in [-0.4, -0.2) is 20.6 Å². The van der Waals surface area contributed by atoms with Crippen LogP contribution in [0.3, 0.4) is 0 Å². The Morgan fingerprint density at radius 3 is 2.74 bits per heavy atom. The average Bonchev–Trinajstić information content (AvgIpc) is 3.09. The predicted octanol–water partition coefficient (Wildman–Crippen LogP) is 2.76. The summed E-state index contributed by atoms with van der Waals surface area (Å²) in [6, 6.07) is 9.45. The second-order valence-electron chi connectivity index (χ2n) is 4.90. The number of aliphatic hydroxyl groups excluding tert-OH is 1. The zero-order chi connectivity index (χ0) is 16.2. The molecule has 5 nitrogen and oxygen atoms in total. The van der Waals surface area contributed by atoms with Gasteiger partial charge in [-0.1, -0.05) is 0 Å². The molecule has 2 heterocycles. The van der Waals surface area contributed by atoms with Crippen molar-refractivity contribution in [3.63, 3.8) is 0 Å². The third-order valence-corrected chi connectivity index (χ3v) is 3.42. The van der Waals surface area contributed by atoms with Gasteiger partial charge in [0.15, 0.2) is 0 Å². The molecule has 0 bridgehead atoms. The van der Waals surface area contributed by atoms with Crippen molar-refractivity contribution in [3.05, 3.63) is 78.1 Å². The molecule has 2 N–H and O–H groups in total. The lowest BCUT2D eigenvalue weighted by Gasteiger charge is -2.10. The first-order valence-electron chi connectivity index (χ1n) is 6.97. The van der Waals surface area contributed by atoms with Crippen molar-refractivity contribution in [2.24, 2.45) is 0 Å². The highest BCUT2D eigenvalue weighted by molar-refractivity contribution is 6.04. The van der Waals surface area contributed by atoms with Crippen LogP contribution in [0.15, 0.2) is 61.2 Å². The molecule has 2 aromatic heterocycles. The van der Waals surface area contributed by atoms with Crippen molar-refractivity contribution in [2.45, 2.75) is 6.61 Å². The van der Waals surface area contributed by atoms with E-state index in [4.69, 9.17) is 0 Å². The molecule has 1 amide bonds. The fourth-order valence-corrected chi connectivity index (χ4v) is 2.22. The van der Waals surface area contributed by atoms with Crippen molar-refractivity contribution < 1.29 is 14.3 Å².